The Hall–Kier alpha value is -2.54. The van der Waals surface area contributed by atoms with E-state index >= 15 is 0 Å². The number of rotatable bonds is 11. The van der Waals surface area contributed by atoms with Crippen molar-refractivity contribution in [2.24, 2.45) is 0 Å². The van der Waals surface area contributed by atoms with Crippen molar-refractivity contribution in [2.45, 2.75) is 46.2 Å². The van der Waals surface area contributed by atoms with E-state index in [0.717, 1.165) is 34.2 Å². The Balaban J connectivity index is 2.12. The van der Waals surface area contributed by atoms with E-state index in [4.69, 9.17) is 9.47 Å². The number of benzene rings is 2. The van der Waals surface area contributed by atoms with E-state index in [-0.39, 0.29) is 18.4 Å². The molecule has 168 valence electrons. The van der Waals surface area contributed by atoms with E-state index in [9.17, 15) is 9.59 Å². The van der Waals surface area contributed by atoms with Crippen molar-refractivity contribution < 1.29 is 19.1 Å². The second kappa shape index (κ2) is 12.3. The van der Waals surface area contributed by atoms with Crippen LogP contribution < -0.4 is 14.8 Å². The monoisotopic (exact) mass is 490 g/mol. The number of hydrogen-bond donors (Lipinski definition) is 1. The van der Waals surface area contributed by atoms with E-state index in [1.54, 1.807) is 25.0 Å². The van der Waals surface area contributed by atoms with Crippen LogP contribution in [0.5, 0.6) is 11.5 Å². The lowest BCUT2D eigenvalue weighted by Crippen LogP contribution is -2.49. The maximum absolute atomic E-state index is 13.1. The number of carbonyl (C=O) groups excluding carboxylic acids is 2. The molecule has 2 rings (SSSR count). The largest absolute Gasteiger partial charge is 0.497 e. The van der Waals surface area contributed by atoms with Crippen LogP contribution in [0.1, 0.15) is 37.8 Å². The van der Waals surface area contributed by atoms with E-state index in [1.807, 2.05) is 43.3 Å². The van der Waals surface area contributed by atoms with Gasteiger partial charge in [0.05, 0.1) is 7.11 Å². The summed E-state index contributed by atoms with van der Waals surface area (Å²) < 4.78 is 11.9. The molecule has 0 saturated carbocycles. The van der Waals surface area contributed by atoms with Gasteiger partial charge in [0.15, 0.2) is 6.61 Å². The lowest BCUT2D eigenvalue weighted by Gasteiger charge is -2.29. The Kier molecular flexibility index (Phi) is 9.85. The van der Waals surface area contributed by atoms with E-state index in [1.165, 1.54) is 0 Å². The molecule has 31 heavy (non-hydrogen) atoms. The van der Waals surface area contributed by atoms with Crippen LogP contribution in [0, 0.1) is 6.92 Å². The van der Waals surface area contributed by atoms with Crippen LogP contribution >= 0.6 is 15.9 Å². The molecular formula is C24H31BrN2O4. The average Bonchev–Trinajstić information content (AvgIpc) is 2.78. The van der Waals surface area contributed by atoms with Gasteiger partial charge in [0.2, 0.25) is 5.91 Å². The van der Waals surface area contributed by atoms with Crippen molar-refractivity contribution >= 4 is 27.7 Å². The van der Waals surface area contributed by atoms with Crippen LogP contribution in [0.4, 0.5) is 0 Å². The molecule has 2 amide bonds. The molecule has 0 fully saturated rings. The smallest absolute Gasteiger partial charge is 0.261 e. The van der Waals surface area contributed by atoms with Crippen LogP contribution in [-0.2, 0) is 16.1 Å². The van der Waals surface area contributed by atoms with E-state index in [2.05, 4.69) is 28.2 Å². The van der Waals surface area contributed by atoms with Crippen molar-refractivity contribution in [2.75, 3.05) is 20.3 Å². The molecule has 0 spiro atoms. The second-order valence-electron chi connectivity index (χ2n) is 7.39. The van der Waals surface area contributed by atoms with Crippen molar-refractivity contribution in [3.05, 3.63) is 58.1 Å². The number of nitrogens with one attached hydrogen (secondary N) is 1. The molecule has 1 unspecified atom stereocenters. The number of aryl methyl sites for hydroxylation is 1. The highest BCUT2D eigenvalue weighted by Crippen LogP contribution is 2.22. The lowest BCUT2D eigenvalue weighted by atomic mass is 10.1. The predicted octanol–water partition coefficient (Wildman–Crippen LogP) is 4.48. The molecule has 2 aromatic rings. The molecule has 6 nitrogen and oxygen atoms in total. The van der Waals surface area contributed by atoms with Crippen LogP contribution in [0.15, 0.2) is 46.9 Å². The third-order valence-electron chi connectivity index (χ3n) is 5.00. The molecule has 1 N–H and O–H groups in total. The van der Waals surface area contributed by atoms with Gasteiger partial charge in [-0.05, 0) is 61.7 Å². The minimum absolute atomic E-state index is 0.149. The summed E-state index contributed by atoms with van der Waals surface area (Å²) in [6, 6.07) is 12.4. The average molecular weight is 491 g/mol. The van der Waals surface area contributed by atoms with Crippen molar-refractivity contribution in [1.82, 2.24) is 10.2 Å². The highest BCUT2D eigenvalue weighted by atomic mass is 79.9. The van der Waals surface area contributed by atoms with Crippen molar-refractivity contribution in [1.29, 1.82) is 0 Å². The zero-order valence-corrected chi connectivity index (χ0v) is 20.2. The summed E-state index contributed by atoms with van der Waals surface area (Å²) in [6.45, 7) is 6.51. The number of hydrogen-bond acceptors (Lipinski definition) is 4. The topological polar surface area (TPSA) is 67.9 Å². The van der Waals surface area contributed by atoms with Gasteiger partial charge in [0.25, 0.3) is 5.91 Å². The third-order valence-corrected chi connectivity index (χ3v) is 5.89. The first-order valence-corrected chi connectivity index (χ1v) is 11.2. The van der Waals surface area contributed by atoms with Crippen molar-refractivity contribution in [3.8, 4) is 11.5 Å². The summed E-state index contributed by atoms with van der Waals surface area (Å²) in [5.41, 5.74) is 1.92. The molecule has 0 aliphatic heterocycles. The van der Waals surface area contributed by atoms with Gasteiger partial charge in [-0.2, -0.15) is 0 Å². The molecule has 0 radical (unpaired) electrons. The Bertz CT molecular complexity index is 870. The van der Waals surface area contributed by atoms with Gasteiger partial charge in [-0.1, -0.05) is 41.4 Å². The van der Waals surface area contributed by atoms with Gasteiger partial charge in [0, 0.05) is 17.6 Å². The highest BCUT2D eigenvalue weighted by Gasteiger charge is 2.26. The number of ether oxygens (including phenoxy) is 2. The van der Waals surface area contributed by atoms with Crippen LogP contribution in [0.25, 0.3) is 0 Å². The Morgan fingerprint density at radius 2 is 1.81 bits per heavy atom. The van der Waals surface area contributed by atoms with Crippen LogP contribution in [0.3, 0.4) is 0 Å². The Morgan fingerprint density at radius 1 is 1.13 bits per heavy atom. The fourth-order valence-electron chi connectivity index (χ4n) is 2.98. The molecule has 0 saturated heterocycles. The molecule has 2 aromatic carbocycles. The molecule has 0 aromatic heterocycles. The van der Waals surface area contributed by atoms with Gasteiger partial charge < -0.3 is 19.7 Å². The summed E-state index contributed by atoms with van der Waals surface area (Å²) in [7, 11) is 1.61. The summed E-state index contributed by atoms with van der Waals surface area (Å²) in [6.07, 6.45) is 1.89. The first-order chi connectivity index (χ1) is 14.8. The number of carbonyl (C=O) groups is 2. The van der Waals surface area contributed by atoms with Gasteiger partial charge in [0.1, 0.15) is 17.5 Å². The SMILES string of the molecule is CCCCNC(=O)C(C)N(Cc1ccc(OC)cc1)C(=O)COc1ccc(Br)c(C)c1. The van der Waals surface area contributed by atoms with Gasteiger partial charge in [-0.3, -0.25) is 9.59 Å². The van der Waals surface area contributed by atoms with E-state index < -0.39 is 6.04 Å². The Morgan fingerprint density at radius 3 is 2.42 bits per heavy atom. The molecule has 7 heteroatoms. The van der Waals surface area contributed by atoms with Gasteiger partial charge in [-0.25, -0.2) is 0 Å². The number of unbranched alkanes of at least 4 members (excludes halogenated alkanes) is 1. The summed E-state index contributed by atoms with van der Waals surface area (Å²) in [5.74, 6) is 0.920. The fraction of sp³-hybridized carbons (Fsp3) is 0.417. The molecule has 0 heterocycles. The summed E-state index contributed by atoms with van der Waals surface area (Å²) >= 11 is 3.46. The first-order valence-electron chi connectivity index (χ1n) is 10.4. The van der Waals surface area contributed by atoms with Crippen molar-refractivity contribution in [3.63, 3.8) is 0 Å². The number of nitrogens with zero attached hydrogens (tertiary/aromatic N) is 1. The van der Waals surface area contributed by atoms with Gasteiger partial charge >= 0.3 is 0 Å². The lowest BCUT2D eigenvalue weighted by molar-refractivity contribution is -0.142. The van der Waals surface area contributed by atoms with Crippen LogP contribution in [0.2, 0.25) is 0 Å². The quantitative estimate of drug-likeness (QED) is 0.471. The Labute approximate surface area is 193 Å². The maximum atomic E-state index is 13.1. The molecule has 0 aliphatic carbocycles. The normalized spacial score (nSPS) is 11.5. The molecular weight excluding hydrogens is 460 g/mol. The number of halogens is 1. The second-order valence-corrected chi connectivity index (χ2v) is 8.24. The maximum Gasteiger partial charge on any atom is 0.261 e. The van der Waals surface area contributed by atoms with Crippen LogP contribution in [-0.4, -0.2) is 43.0 Å². The highest BCUT2D eigenvalue weighted by molar-refractivity contribution is 9.10. The first kappa shape index (κ1) is 24.7. The fourth-order valence-corrected chi connectivity index (χ4v) is 3.23. The summed E-state index contributed by atoms with van der Waals surface area (Å²) in [5, 5.41) is 2.91. The molecule has 1 atom stereocenters. The summed E-state index contributed by atoms with van der Waals surface area (Å²) in [4.78, 5) is 27.2. The van der Waals surface area contributed by atoms with Gasteiger partial charge in [-0.15, -0.1) is 0 Å². The zero-order valence-electron chi connectivity index (χ0n) is 18.6. The molecule has 0 bridgehead atoms. The minimum Gasteiger partial charge on any atom is -0.497 e. The predicted molar refractivity (Wildman–Crippen MR) is 125 cm³/mol. The third kappa shape index (κ3) is 7.58. The van der Waals surface area contributed by atoms with E-state index in [0.29, 0.717) is 18.8 Å². The molecule has 0 aliphatic rings. The minimum atomic E-state index is -0.623. The number of amides is 2. The standard InChI is InChI=1S/C24H31BrN2O4/c1-5-6-13-26-24(29)18(3)27(15-19-7-9-20(30-4)10-8-19)23(28)16-31-21-11-12-22(25)17(2)14-21/h7-12,14,18H,5-6,13,15-16H2,1-4H3,(H,26,29). The zero-order chi connectivity index (χ0) is 22.8. The number of methoxy groups -OCH3 is 1.